The Bertz CT molecular complexity index is 1130. The van der Waals surface area contributed by atoms with Crippen LogP contribution >= 0.6 is 0 Å². The number of rotatable bonds is 13. The summed E-state index contributed by atoms with van der Waals surface area (Å²) in [4.78, 5) is 60.7. The van der Waals surface area contributed by atoms with Gasteiger partial charge in [-0.25, -0.2) is 8.42 Å². The Morgan fingerprint density at radius 1 is 0.943 bits per heavy atom. The molecule has 4 amide bonds. The average molecular weight is 507 g/mol. The molecule has 0 aromatic heterocycles. The lowest BCUT2D eigenvalue weighted by Crippen LogP contribution is -2.54. The van der Waals surface area contributed by atoms with E-state index in [4.69, 9.17) is 5.11 Å². The molecule has 2 N–H and O–H groups in total. The van der Waals surface area contributed by atoms with Gasteiger partial charge in [0.25, 0.3) is 11.8 Å². The fourth-order valence-corrected chi connectivity index (χ4v) is 6.08. The molecule has 2 aliphatic rings. The van der Waals surface area contributed by atoms with E-state index in [-0.39, 0.29) is 41.0 Å². The number of carboxylic acid groups (broad SMARTS) is 1. The first-order chi connectivity index (χ1) is 16.6. The van der Waals surface area contributed by atoms with Crippen molar-refractivity contribution in [2.24, 2.45) is 0 Å². The zero-order chi connectivity index (χ0) is 25.6. The second kappa shape index (κ2) is 11.6. The molecule has 0 aliphatic carbocycles. The molecular formula is C24H30N2O8S. The molecular weight excluding hydrogens is 476 g/mol. The van der Waals surface area contributed by atoms with Crippen LogP contribution in [0.25, 0.3) is 0 Å². The van der Waals surface area contributed by atoms with Crippen LogP contribution in [0.5, 0.6) is 0 Å². The van der Waals surface area contributed by atoms with Crippen LogP contribution in [0, 0.1) is 0 Å². The Hall–Kier alpha value is -3.08. The Labute approximate surface area is 204 Å². The maximum atomic E-state index is 13.1. The van der Waals surface area contributed by atoms with Crippen molar-refractivity contribution in [1.29, 1.82) is 0 Å². The zero-order valence-corrected chi connectivity index (χ0v) is 20.3. The van der Waals surface area contributed by atoms with Gasteiger partial charge in [-0.05, 0) is 31.4 Å². The maximum Gasteiger partial charge on any atom is 0.303 e. The first kappa shape index (κ1) is 26.5. The molecule has 190 valence electrons. The number of carbonyl (C=O) groups is 5. The summed E-state index contributed by atoms with van der Waals surface area (Å²) in [5, 5.41) is 10.7. The van der Waals surface area contributed by atoms with Gasteiger partial charge in [0.15, 0.2) is 9.84 Å². The van der Waals surface area contributed by atoms with Crippen LogP contribution in [0.1, 0.15) is 91.3 Å². The topological polar surface area (TPSA) is 155 Å². The minimum atomic E-state index is -3.84. The van der Waals surface area contributed by atoms with E-state index in [9.17, 15) is 32.4 Å². The van der Waals surface area contributed by atoms with Gasteiger partial charge in [-0.3, -0.25) is 34.2 Å². The van der Waals surface area contributed by atoms with Crippen molar-refractivity contribution in [3.8, 4) is 0 Å². The number of nitrogens with zero attached hydrogens (tertiary/aromatic N) is 1. The van der Waals surface area contributed by atoms with Crippen LogP contribution in [0.3, 0.4) is 0 Å². The highest BCUT2D eigenvalue weighted by molar-refractivity contribution is 7.91. The normalized spacial score (nSPS) is 18.1. The van der Waals surface area contributed by atoms with E-state index in [0.717, 1.165) is 37.0 Å². The Balaban J connectivity index is 1.56. The quantitative estimate of drug-likeness (QED) is 0.305. The molecule has 0 spiro atoms. The first-order valence-electron chi connectivity index (χ1n) is 11.9. The first-order valence-corrected chi connectivity index (χ1v) is 13.6. The highest BCUT2D eigenvalue weighted by Gasteiger charge is 2.46. The molecule has 2 heterocycles. The maximum absolute atomic E-state index is 13.1. The van der Waals surface area contributed by atoms with Gasteiger partial charge in [0.1, 0.15) is 6.04 Å². The number of benzene rings is 1. The fourth-order valence-electron chi connectivity index (χ4n) is 4.48. The number of hydrogen-bond donors (Lipinski definition) is 2. The summed E-state index contributed by atoms with van der Waals surface area (Å²) in [6.07, 6.45) is 6.48. The fraction of sp³-hybridized carbons (Fsp3) is 0.542. The minimum Gasteiger partial charge on any atom is -0.481 e. The van der Waals surface area contributed by atoms with Crippen molar-refractivity contribution in [3.63, 3.8) is 0 Å². The van der Waals surface area contributed by atoms with Gasteiger partial charge in [-0.2, -0.15) is 0 Å². The molecule has 0 radical (unpaired) electrons. The Morgan fingerprint density at radius 2 is 1.57 bits per heavy atom. The number of amides is 4. The molecule has 0 bridgehead atoms. The van der Waals surface area contributed by atoms with Crippen LogP contribution in [-0.2, 0) is 24.2 Å². The van der Waals surface area contributed by atoms with Gasteiger partial charge in [-0.15, -0.1) is 0 Å². The van der Waals surface area contributed by atoms with Gasteiger partial charge >= 0.3 is 5.97 Å². The summed E-state index contributed by atoms with van der Waals surface area (Å²) in [7, 11) is -3.84. The van der Waals surface area contributed by atoms with Gasteiger partial charge in [0, 0.05) is 12.8 Å². The van der Waals surface area contributed by atoms with Crippen molar-refractivity contribution < 1.29 is 37.5 Å². The molecule has 0 saturated carbocycles. The van der Waals surface area contributed by atoms with Crippen LogP contribution < -0.4 is 5.32 Å². The third kappa shape index (κ3) is 6.33. The molecule has 11 heteroatoms. The number of imide groups is 2. The summed E-state index contributed by atoms with van der Waals surface area (Å²) >= 11 is 0. The van der Waals surface area contributed by atoms with E-state index in [1.165, 1.54) is 18.2 Å². The molecule has 1 saturated heterocycles. The SMILES string of the molecule is O=C(O)CCCCCCCCCCS(=O)(=O)c1cccc2c1C(=O)N(C1CCC(=O)NC1=O)C2=O. The molecule has 1 atom stereocenters. The van der Waals surface area contributed by atoms with E-state index >= 15 is 0 Å². The Morgan fingerprint density at radius 3 is 2.20 bits per heavy atom. The van der Waals surface area contributed by atoms with Crippen LogP contribution in [-0.4, -0.2) is 59.8 Å². The molecule has 1 aromatic carbocycles. The summed E-state index contributed by atoms with van der Waals surface area (Å²) < 4.78 is 26.1. The van der Waals surface area contributed by atoms with Gasteiger partial charge in [-0.1, -0.05) is 44.6 Å². The van der Waals surface area contributed by atoms with Crippen molar-refractivity contribution in [1.82, 2.24) is 10.2 Å². The Kier molecular flexibility index (Phi) is 8.76. The van der Waals surface area contributed by atoms with Gasteiger partial charge in [0.05, 0.1) is 21.8 Å². The lowest BCUT2D eigenvalue weighted by atomic mass is 10.0. The highest BCUT2D eigenvalue weighted by Crippen LogP contribution is 2.32. The highest BCUT2D eigenvalue weighted by atomic mass is 32.2. The number of fused-ring (bicyclic) bond motifs is 1. The van der Waals surface area contributed by atoms with E-state index in [1.807, 2.05) is 0 Å². The smallest absolute Gasteiger partial charge is 0.303 e. The predicted molar refractivity (Wildman–Crippen MR) is 124 cm³/mol. The lowest BCUT2D eigenvalue weighted by Gasteiger charge is -2.27. The third-order valence-corrected chi connectivity index (χ3v) is 8.16. The lowest BCUT2D eigenvalue weighted by molar-refractivity contribution is -0.138. The molecule has 3 rings (SSSR count). The number of unbranched alkanes of at least 4 members (excludes halogenated alkanes) is 7. The third-order valence-electron chi connectivity index (χ3n) is 6.32. The number of hydrogen-bond acceptors (Lipinski definition) is 7. The van der Waals surface area contributed by atoms with E-state index in [2.05, 4.69) is 5.32 Å². The number of carboxylic acids is 1. The molecule has 10 nitrogen and oxygen atoms in total. The van der Waals surface area contributed by atoms with Crippen molar-refractivity contribution in [2.45, 2.75) is 81.6 Å². The number of piperidine rings is 1. The standard InChI is InChI=1S/C24H30N2O8S/c27-19-14-13-17(22(30)25-19)26-23(31)16-10-9-11-18(21(16)24(26)32)35(33,34)15-8-6-4-2-1-3-5-7-12-20(28)29/h9-11,17H,1-8,12-15H2,(H,28,29)(H,25,27,30). The van der Waals surface area contributed by atoms with Crippen LogP contribution in [0.4, 0.5) is 0 Å². The summed E-state index contributed by atoms with van der Waals surface area (Å²) in [5.41, 5.74) is -0.257. The number of carbonyl (C=O) groups excluding carboxylic acids is 4. The molecule has 35 heavy (non-hydrogen) atoms. The number of aliphatic carboxylic acids is 1. The van der Waals surface area contributed by atoms with Gasteiger partial charge < -0.3 is 5.11 Å². The predicted octanol–water partition coefficient (Wildman–Crippen LogP) is 2.46. The van der Waals surface area contributed by atoms with Crippen molar-refractivity contribution >= 4 is 39.4 Å². The second-order valence-electron chi connectivity index (χ2n) is 8.92. The van der Waals surface area contributed by atoms with Crippen molar-refractivity contribution in [3.05, 3.63) is 29.3 Å². The summed E-state index contributed by atoms with van der Waals surface area (Å²) in [5.74, 6) is -3.75. The molecule has 2 aliphatic heterocycles. The van der Waals surface area contributed by atoms with Gasteiger partial charge in [0.2, 0.25) is 11.8 Å². The van der Waals surface area contributed by atoms with Crippen molar-refractivity contribution in [2.75, 3.05) is 5.75 Å². The minimum absolute atomic E-state index is 0.00220. The van der Waals surface area contributed by atoms with Crippen LogP contribution in [0.15, 0.2) is 23.1 Å². The second-order valence-corrected chi connectivity index (χ2v) is 11.0. The monoisotopic (exact) mass is 506 g/mol. The molecule has 1 fully saturated rings. The van der Waals surface area contributed by atoms with E-state index in [0.29, 0.717) is 19.3 Å². The number of sulfone groups is 1. The van der Waals surface area contributed by atoms with Crippen LogP contribution in [0.2, 0.25) is 0 Å². The van der Waals surface area contributed by atoms with E-state index < -0.39 is 45.5 Å². The zero-order valence-electron chi connectivity index (χ0n) is 19.5. The number of nitrogens with one attached hydrogen (secondary N) is 1. The summed E-state index contributed by atoms with van der Waals surface area (Å²) in [6, 6.07) is 2.94. The average Bonchev–Trinajstić information content (AvgIpc) is 3.05. The molecule has 1 aromatic rings. The van der Waals surface area contributed by atoms with E-state index in [1.54, 1.807) is 0 Å². The largest absolute Gasteiger partial charge is 0.481 e. The summed E-state index contributed by atoms with van der Waals surface area (Å²) in [6.45, 7) is 0. The molecule has 1 unspecified atom stereocenters.